The summed E-state index contributed by atoms with van der Waals surface area (Å²) in [5.41, 5.74) is 0.942. The SMILES string of the molecule is CC1CC(C(=O)O)CN(c2cncc(OCc3cccc(Cl)c3)n2)C1. The first-order valence-electron chi connectivity index (χ1n) is 8.18. The molecule has 1 N–H and O–H groups in total. The Labute approximate surface area is 151 Å². The summed E-state index contributed by atoms with van der Waals surface area (Å²) in [6.07, 6.45) is 3.88. The zero-order valence-electron chi connectivity index (χ0n) is 13.9. The summed E-state index contributed by atoms with van der Waals surface area (Å²) in [6, 6.07) is 7.43. The van der Waals surface area contributed by atoms with Crippen molar-refractivity contribution in [3.05, 3.63) is 47.2 Å². The summed E-state index contributed by atoms with van der Waals surface area (Å²) < 4.78 is 5.70. The van der Waals surface area contributed by atoms with Gasteiger partial charge in [0.15, 0.2) is 5.82 Å². The molecule has 1 saturated heterocycles. The van der Waals surface area contributed by atoms with Gasteiger partial charge < -0.3 is 14.7 Å². The van der Waals surface area contributed by atoms with Gasteiger partial charge in [0.05, 0.1) is 18.3 Å². The Bertz CT molecular complexity index is 756. The van der Waals surface area contributed by atoms with Crippen LogP contribution < -0.4 is 9.64 Å². The average Bonchev–Trinajstić information content (AvgIpc) is 2.60. The van der Waals surface area contributed by atoms with Crippen molar-refractivity contribution in [2.75, 3.05) is 18.0 Å². The number of rotatable bonds is 5. The minimum absolute atomic E-state index is 0.285. The summed E-state index contributed by atoms with van der Waals surface area (Å²) >= 11 is 5.97. The Hall–Kier alpha value is -2.34. The predicted octanol–water partition coefficient (Wildman–Crippen LogP) is 3.26. The number of carboxylic acids is 1. The third-order valence-corrected chi connectivity index (χ3v) is 4.44. The molecule has 1 aliphatic rings. The van der Waals surface area contributed by atoms with Gasteiger partial charge in [0.25, 0.3) is 0 Å². The van der Waals surface area contributed by atoms with Crippen LogP contribution in [0.4, 0.5) is 5.82 Å². The van der Waals surface area contributed by atoms with Crippen molar-refractivity contribution in [1.82, 2.24) is 9.97 Å². The lowest BCUT2D eigenvalue weighted by Crippen LogP contribution is -2.43. The minimum atomic E-state index is -0.766. The molecule has 6 nitrogen and oxygen atoms in total. The number of benzene rings is 1. The molecule has 1 fully saturated rings. The normalized spacial score (nSPS) is 20.3. The second-order valence-corrected chi connectivity index (χ2v) is 6.85. The van der Waals surface area contributed by atoms with E-state index in [1.54, 1.807) is 12.4 Å². The van der Waals surface area contributed by atoms with Crippen molar-refractivity contribution in [3.63, 3.8) is 0 Å². The summed E-state index contributed by atoms with van der Waals surface area (Å²) in [7, 11) is 0. The highest BCUT2D eigenvalue weighted by atomic mass is 35.5. The van der Waals surface area contributed by atoms with Crippen LogP contribution in [0.3, 0.4) is 0 Å². The molecule has 2 unspecified atom stereocenters. The quantitative estimate of drug-likeness (QED) is 0.881. The predicted molar refractivity (Wildman–Crippen MR) is 94.9 cm³/mol. The average molecular weight is 362 g/mol. The molecule has 7 heteroatoms. The van der Waals surface area contributed by atoms with Crippen LogP contribution in [0.15, 0.2) is 36.7 Å². The van der Waals surface area contributed by atoms with Crippen molar-refractivity contribution in [3.8, 4) is 5.88 Å². The Morgan fingerprint density at radius 2 is 2.24 bits per heavy atom. The third kappa shape index (κ3) is 4.60. The standard InChI is InChI=1S/C18H20ClN3O3/c1-12-5-14(18(23)24)10-22(9-12)16-7-20-8-17(21-16)25-11-13-3-2-4-15(19)6-13/h2-4,6-8,12,14H,5,9-11H2,1H3,(H,23,24). The van der Waals surface area contributed by atoms with Crippen LogP contribution in [-0.2, 0) is 11.4 Å². The number of hydrogen-bond acceptors (Lipinski definition) is 5. The molecule has 0 saturated carbocycles. The minimum Gasteiger partial charge on any atom is -0.481 e. The van der Waals surface area contributed by atoms with Gasteiger partial charge in [-0.05, 0) is 30.0 Å². The number of nitrogens with zero attached hydrogens (tertiary/aromatic N) is 3. The third-order valence-electron chi connectivity index (χ3n) is 4.21. The van der Waals surface area contributed by atoms with Crippen molar-refractivity contribution in [2.45, 2.75) is 20.0 Å². The number of anilines is 1. The summed E-state index contributed by atoms with van der Waals surface area (Å²) in [6.45, 7) is 3.59. The van der Waals surface area contributed by atoms with E-state index in [9.17, 15) is 9.90 Å². The highest BCUT2D eigenvalue weighted by Crippen LogP contribution is 2.26. The van der Waals surface area contributed by atoms with Gasteiger partial charge in [0.2, 0.25) is 5.88 Å². The molecule has 2 aromatic rings. The highest BCUT2D eigenvalue weighted by Gasteiger charge is 2.30. The maximum atomic E-state index is 11.3. The van der Waals surface area contributed by atoms with Gasteiger partial charge in [0, 0.05) is 18.1 Å². The van der Waals surface area contributed by atoms with Gasteiger partial charge in [-0.2, -0.15) is 4.98 Å². The maximum Gasteiger partial charge on any atom is 0.308 e. The Kier molecular flexibility index (Phi) is 5.38. The van der Waals surface area contributed by atoms with Crippen LogP contribution in [0.25, 0.3) is 0 Å². The number of aromatic nitrogens is 2. The van der Waals surface area contributed by atoms with Crippen molar-refractivity contribution < 1.29 is 14.6 Å². The van der Waals surface area contributed by atoms with E-state index < -0.39 is 5.97 Å². The van der Waals surface area contributed by atoms with E-state index in [-0.39, 0.29) is 11.8 Å². The number of piperidine rings is 1. The first-order valence-corrected chi connectivity index (χ1v) is 8.56. The highest BCUT2D eigenvalue weighted by molar-refractivity contribution is 6.30. The molecule has 0 radical (unpaired) electrons. The van der Waals surface area contributed by atoms with E-state index in [1.807, 2.05) is 29.2 Å². The van der Waals surface area contributed by atoms with Gasteiger partial charge >= 0.3 is 5.97 Å². The van der Waals surface area contributed by atoms with Gasteiger partial charge in [0.1, 0.15) is 6.61 Å². The van der Waals surface area contributed by atoms with Gasteiger partial charge in [-0.15, -0.1) is 0 Å². The second kappa shape index (κ2) is 7.70. The van der Waals surface area contributed by atoms with Crippen molar-refractivity contribution >= 4 is 23.4 Å². The number of hydrogen-bond donors (Lipinski definition) is 1. The molecule has 25 heavy (non-hydrogen) atoms. The van der Waals surface area contributed by atoms with E-state index in [2.05, 4.69) is 16.9 Å². The van der Waals surface area contributed by atoms with Gasteiger partial charge in [-0.3, -0.25) is 9.78 Å². The van der Waals surface area contributed by atoms with Crippen LogP contribution >= 0.6 is 11.6 Å². The molecular formula is C18H20ClN3O3. The Morgan fingerprint density at radius 1 is 1.40 bits per heavy atom. The number of carbonyl (C=O) groups is 1. The zero-order valence-corrected chi connectivity index (χ0v) is 14.7. The van der Waals surface area contributed by atoms with E-state index in [0.29, 0.717) is 36.3 Å². The van der Waals surface area contributed by atoms with Crippen LogP contribution in [-0.4, -0.2) is 34.1 Å². The first kappa shape index (κ1) is 17.5. The number of carboxylic acid groups (broad SMARTS) is 1. The molecule has 3 rings (SSSR count). The van der Waals surface area contributed by atoms with E-state index in [1.165, 1.54) is 0 Å². The molecule has 132 valence electrons. The summed E-state index contributed by atoms with van der Waals surface area (Å²) in [5.74, 6) is 0.177. The van der Waals surface area contributed by atoms with E-state index >= 15 is 0 Å². The summed E-state index contributed by atoms with van der Waals surface area (Å²) in [4.78, 5) is 22.0. The lowest BCUT2D eigenvalue weighted by molar-refractivity contribution is -0.142. The lowest BCUT2D eigenvalue weighted by atomic mass is 9.90. The molecule has 2 heterocycles. The van der Waals surface area contributed by atoms with Crippen LogP contribution in [0.1, 0.15) is 18.9 Å². The molecule has 0 spiro atoms. The molecule has 0 amide bonds. The maximum absolute atomic E-state index is 11.3. The van der Waals surface area contributed by atoms with Crippen LogP contribution in [0, 0.1) is 11.8 Å². The fourth-order valence-electron chi connectivity index (χ4n) is 3.06. The van der Waals surface area contributed by atoms with Gasteiger partial charge in [-0.25, -0.2) is 0 Å². The van der Waals surface area contributed by atoms with Crippen LogP contribution in [0.2, 0.25) is 5.02 Å². The van der Waals surface area contributed by atoms with Crippen molar-refractivity contribution in [2.24, 2.45) is 11.8 Å². The van der Waals surface area contributed by atoms with Crippen LogP contribution in [0.5, 0.6) is 5.88 Å². The Morgan fingerprint density at radius 3 is 3.00 bits per heavy atom. The first-order chi connectivity index (χ1) is 12.0. The largest absolute Gasteiger partial charge is 0.481 e. The zero-order chi connectivity index (χ0) is 17.8. The molecule has 0 aliphatic carbocycles. The fraction of sp³-hybridized carbons (Fsp3) is 0.389. The van der Waals surface area contributed by atoms with E-state index in [0.717, 1.165) is 12.1 Å². The summed E-state index contributed by atoms with van der Waals surface area (Å²) in [5, 5.41) is 9.97. The smallest absolute Gasteiger partial charge is 0.308 e. The van der Waals surface area contributed by atoms with E-state index in [4.69, 9.17) is 16.3 Å². The number of halogens is 1. The molecular weight excluding hydrogens is 342 g/mol. The molecule has 1 aromatic heterocycles. The monoisotopic (exact) mass is 361 g/mol. The van der Waals surface area contributed by atoms with Crippen molar-refractivity contribution in [1.29, 1.82) is 0 Å². The second-order valence-electron chi connectivity index (χ2n) is 6.42. The Balaban J connectivity index is 1.69. The molecule has 2 atom stereocenters. The molecule has 1 aliphatic heterocycles. The van der Waals surface area contributed by atoms with Gasteiger partial charge in [-0.1, -0.05) is 30.7 Å². The fourth-order valence-corrected chi connectivity index (χ4v) is 3.27. The topological polar surface area (TPSA) is 75.5 Å². The number of ether oxygens (including phenoxy) is 1. The molecule has 1 aromatic carbocycles. The lowest BCUT2D eigenvalue weighted by Gasteiger charge is -2.35. The number of aliphatic carboxylic acids is 1. The molecule has 0 bridgehead atoms.